The normalized spacial score (nSPS) is 11.9. The van der Waals surface area contributed by atoms with Gasteiger partial charge in [0.2, 0.25) is 0 Å². The molecule has 0 aromatic heterocycles. The van der Waals surface area contributed by atoms with Crippen molar-refractivity contribution in [2.75, 3.05) is 13.2 Å². The summed E-state index contributed by atoms with van der Waals surface area (Å²) in [6.07, 6.45) is 59.6. The molecule has 0 radical (unpaired) electrons. The van der Waals surface area contributed by atoms with Gasteiger partial charge in [0.05, 0.1) is 0 Å². The first-order chi connectivity index (χ1) is 31.5. The van der Waals surface area contributed by atoms with Crippen LogP contribution in [0.2, 0.25) is 0 Å². The topological polar surface area (TPSA) is 78.9 Å². The van der Waals surface area contributed by atoms with Gasteiger partial charge in [-0.15, -0.1) is 0 Å². The molecule has 1 atom stereocenters. The molecule has 0 aliphatic rings. The summed E-state index contributed by atoms with van der Waals surface area (Å²) in [5.41, 5.74) is 0. The lowest BCUT2D eigenvalue weighted by Gasteiger charge is -2.18. The Bertz CT molecular complexity index is 951. The second kappa shape index (κ2) is 54.0. The van der Waals surface area contributed by atoms with E-state index in [-0.39, 0.29) is 31.1 Å². The lowest BCUT2D eigenvalue weighted by Crippen LogP contribution is -2.30. The molecule has 0 rings (SSSR count). The maximum Gasteiger partial charge on any atom is 0.306 e. The molecule has 380 valence electrons. The van der Waals surface area contributed by atoms with Crippen LogP contribution in [-0.2, 0) is 28.6 Å². The van der Waals surface area contributed by atoms with Gasteiger partial charge in [-0.05, 0) is 19.3 Å². The van der Waals surface area contributed by atoms with E-state index in [2.05, 4.69) is 20.8 Å². The van der Waals surface area contributed by atoms with Gasteiger partial charge in [0.25, 0.3) is 0 Å². The average Bonchev–Trinajstić information content (AvgIpc) is 3.29. The highest BCUT2D eigenvalue weighted by atomic mass is 16.6. The standard InChI is InChI=1S/C58H112O6/c1-4-7-10-13-16-19-21-23-25-27-29-31-32-34-36-39-42-45-48-51-57(60)63-54-55(53-62-56(59)50-47-44-41-38-18-15-12-9-6-3)64-58(61)52-49-46-43-40-37-35-33-30-28-26-24-22-20-17-14-11-8-5-2/h55H,4-54H2,1-3H3/t55-/m0/s1. The molecule has 0 saturated carbocycles. The highest BCUT2D eigenvalue weighted by Gasteiger charge is 2.19. The van der Waals surface area contributed by atoms with Gasteiger partial charge >= 0.3 is 17.9 Å². The predicted molar refractivity (Wildman–Crippen MR) is 275 cm³/mol. The van der Waals surface area contributed by atoms with Crippen LogP contribution in [-0.4, -0.2) is 37.2 Å². The van der Waals surface area contributed by atoms with Crippen molar-refractivity contribution in [3.63, 3.8) is 0 Å². The molecule has 0 bridgehead atoms. The Morgan fingerprint density at radius 2 is 0.422 bits per heavy atom. The summed E-state index contributed by atoms with van der Waals surface area (Å²) in [6.45, 7) is 6.69. The lowest BCUT2D eigenvalue weighted by molar-refractivity contribution is -0.167. The molecule has 64 heavy (non-hydrogen) atoms. The zero-order chi connectivity index (χ0) is 46.5. The third kappa shape index (κ3) is 51.4. The van der Waals surface area contributed by atoms with Crippen molar-refractivity contribution in [3.05, 3.63) is 0 Å². The van der Waals surface area contributed by atoms with Crippen molar-refractivity contribution in [1.82, 2.24) is 0 Å². The summed E-state index contributed by atoms with van der Waals surface area (Å²) >= 11 is 0. The SMILES string of the molecule is CCCCCCCCCCCCCCCCCCCCCC(=O)OC[C@H](COC(=O)CCCCCCCCCCC)OC(=O)CCCCCCCCCCCCCCCCCCCC. The average molecular weight is 906 g/mol. The molecule has 6 nitrogen and oxygen atoms in total. The molecular formula is C58H112O6. The van der Waals surface area contributed by atoms with Gasteiger partial charge in [-0.25, -0.2) is 0 Å². The molecule has 0 aromatic carbocycles. The van der Waals surface area contributed by atoms with E-state index in [0.29, 0.717) is 19.3 Å². The Balaban J connectivity index is 4.19. The van der Waals surface area contributed by atoms with E-state index in [4.69, 9.17) is 14.2 Å². The van der Waals surface area contributed by atoms with Crippen molar-refractivity contribution < 1.29 is 28.6 Å². The molecule has 0 saturated heterocycles. The number of ether oxygens (including phenoxy) is 3. The third-order valence-corrected chi connectivity index (χ3v) is 13.4. The molecule has 0 fully saturated rings. The van der Waals surface area contributed by atoms with E-state index >= 15 is 0 Å². The Morgan fingerprint density at radius 3 is 0.625 bits per heavy atom. The van der Waals surface area contributed by atoms with Crippen LogP contribution in [0, 0.1) is 0 Å². The predicted octanol–water partition coefficient (Wildman–Crippen LogP) is 19.2. The zero-order valence-corrected chi connectivity index (χ0v) is 43.6. The molecular weight excluding hydrogens is 793 g/mol. The fraction of sp³-hybridized carbons (Fsp3) is 0.948. The maximum atomic E-state index is 12.8. The first-order valence-corrected chi connectivity index (χ1v) is 29.0. The highest BCUT2D eigenvalue weighted by Crippen LogP contribution is 2.18. The molecule has 0 aromatic rings. The van der Waals surface area contributed by atoms with Gasteiger partial charge in [0, 0.05) is 19.3 Å². The van der Waals surface area contributed by atoms with Gasteiger partial charge in [-0.3, -0.25) is 14.4 Å². The number of hydrogen-bond acceptors (Lipinski definition) is 6. The number of carbonyl (C=O) groups is 3. The minimum Gasteiger partial charge on any atom is -0.462 e. The zero-order valence-electron chi connectivity index (χ0n) is 43.6. The Morgan fingerprint density at radius 1 is 0.250 bits per heavy atom. The summed E-state index contributed by atoms with van der Waals surface area (Å²) in [4.78, 5) is 38.0. The van der Waals surface area contributed by atoms with Crippen LogP contribution in [0.25, 0.3) is 0 Å². The van der Waals surface area contributed by atoms with Crippen LogP contribution < -0.4 is 0 Å². The maximum absolute atomic E-state index is 12.8. The van der Waals surface area contributed by atoms with Gasteiger partial charge in [-0.1, -0.05) is 297 Å². The monoisotopic (exact) mass is 905 g/mol. The van der Waals surface area contributed by atoms with Crippen LogP contribution in [0.15, 0.2) is 0 Å². The number of esters is 3. The second-order valence-electron chi connectivity index (χ2n) is 19.9. The summed E-state index contributed by atoms with van der Waals surface area (Å²) in [5.74, 6) is -0.836. The Kier molecular flexibility index (Phi) is 52.7. The number of unbranched alkanes of at least 4 members (excludes halogenated alkanes) is 43. The van der Waals surface area contributed by atoms with Crippen LogP contribution in [0.1, 0.15) is 335 Å². The van der Waals surface area contributed by atoms with Gasteiger partial charge < -0.3 is 14.2 Å². The Hall–Kier alpha value is -1.59. The third-order valence-electron chi connectivity index (χ3n) is 13.4. The van der Waals surface area contributed by atoms with Crippen molar-refractivity contribution in [1.29, 1.82) is 0 Å². The molecule has 0 aliphatic heterocycles. The summed E-state index contributed by atoms with van der Waals surface area (Å²) in [6, 6.07) is 0. The largest absolute Gasteiger partial charge is 0.462 e. The quantitative estimate of drug-likeness (QED) is 0.0344. The summed E-state index contributed by atoms with van der Waals surface area (Å²) in [7, 11) is 0. The molecule has 0 aliphatic carbocycles. The van der Waals surface area contributed by atoms with Crippen LogP contribution in [0.5, 0.6) is 0 Å². The van der Waals surface area contributed by atoms with Crippen molar-refractivity contribution >= 4 is 17.9 Å². The molecule has 6 heteroatoms. The first kappa shape index (κ1) is 62.4. The second-order valence-corrected chi connectivity index (χ2v) is 19.9. The van der Waals surface area contributed by atoms with Gasteiger partial charge in [0.1, 0.15) is 13.2 Å². The van der Waals surface area contributed by atoms with Crippen molar-refractivity contribution in [3.8, 4) is 0 Å². The molecule has 0 unspecified atom stereocenters. The van der Waals surface area contributed by atoms with E-state index in [1.807, 2.05) is 0 Å². The minimum absolute atomic E-state index is 0.0614. The van der Waals surface area contributed by atoms with Crippen LogP contribution >= 0.6 is 0 Å². The number of rotatable bonds is 54. The van der Waals surface area contributed by atoms with Gasteiger partial charge in [0.15, 0.2) is 6.10 Å². The number of hydrogen-bond donors (Lipinski definition) is 0. The van der Waals surface area contributed by atoms with Crippen molar-refractivity contribution in [2.45, 2.75) is 341 Å². The van der Waals surface area contributed by atoms with E-state index in [1.54, 1.807) is 0 Å². The molecule has 0 heterocycles. The smallest absolute Gasteiger partial charge is 0.306 e. The van der Waals surface area contributed by atoms with Gasteiger partial charge in [-0.2, -0.15) is 0 Å². The minimum atomic E-state index is -0.760. The van der Waals surface area contributed by atoms with E-state index < -0.39 is 6.10 Å². The van der Waals surface area contributed by atoms with E-state index in [1.165, 1.54) is 238 Å². The summed E-state index contributed by atoms with van der Waals surface area (Å²) < 4.78 is 16.8. The molecule has 0 spiro atoms. The summed E-state index contributed by atoms with van der Waals surface area (Å²) in [5, 5.41) is 0. The van der Waals surface area contributed by atoms with Crippen molar-refractivity contribution in [2.24, 2.45) is 0 Å². The van der Waals surface area contributed by atoms with Crippen LogP contribution in [0.3, 0.4) is 0 Å². The fourth-order valence-corrected chi connectivity index (χ4v) is 8.98. The lowest BCUT2D eigenvalue weighted by atomic mass is 10.0. The van der Waals surface area contributed by atoms with E-state index in [0.717, 1.165) is 57.8 Å². The fourth-order valence-electron chi connectivity index (χ4n) is 8.98. The molecule has 0 N–H and O–H groups in total. The number of carbonyl (C=O) groups excluding carboxylic acids is 3. The molecule has 0 amide bonds. The first-order valence-electron chi connectivity index (χ1n) is 29.0. The highest BCUT2D eigenvalue weighted by molar-refractivity contribution is 5.71. The Labute approximate surface area is 399 Å². The van der Waals surface area contributed by atoms with E-state index in [9.17, 15) is 14.4 Å². The van der Waals surface area contributed by atoms with Crippen LogP contribution in [0.4, 0.5) is 0 Å².